The molecule has 1 aliphatic carbocycles. The van der Waals surface area contributed by atoms with Crippen molar-refractivity contribution in [2.45, 2.75) is 74.7 Å². The summed E-state index contributed by atoms with van der Waals surface area (Å²) in [5, 5.41) is 16.3. The number of nitrogens with zero attached hydrogens (tertiary/aromatic N) is 4. The number of carbonyl (C=O) groups is 3. The van der Waals surface area contributed by atoms with E-state index in [2.05, 4.69) is 53.3 Å². The van der Waals surface area contributed by atoms with Crippen LogP contribution in [0, 0.1) is 5.92 Å². The first-order valence-corrected chi connectivity index (χ1v) is 15.8. The summed E-state index contributed by atoms with van der Waals surface area (Å²) in [4.78, 5) is 47.1. The van der Waals surface area contributed by atoms with Crippen molar-refractivity contribution in [3.05, 3.63) is 71.4 Å². The van der Waals surface area contributed by atoms with Gasteiger partial charge in [0, 0.05) is 55.6 Å². The lowest BCUT2D eigenvalue weighted by molar-refractivity contribution is -0.315. The summed E-state index contributed by atoms with van der Waals surface area (Å²) in [7, 11) is 4.15. The number of rotatable bonds is 4. The van der Waals surface area contributed by atoms with Gasteiger partial charge in [-0.25, -0.2) is 0 Å². The molecule has 1 aromatic heterocycles. The zero-order valence-corrected chi connectivity index (χ0v) is 25.4. The summed E-state index contributed by atoms with van der Waals surface area (Å²) < 4.78 is 8.44. The van der Waals surface area contributed by atoms with E-state index in [0.717, 1.165) is 12.0 Å². The Balaban J connectivity index is 1.08. The molecule has 4 aliphatic heterocycles. The number of piperazine rings is 1. The highest BCUT2D eigenvalue weighted by Crippen LogP contribution is 2.47. The maximum Gasteiger partial charge on any atom is 0.280 e. The number of carbonyl (C=O) groups excluding carboxylic acids is 3. The van der Waals surface area contributed by atoms with Gasteiger partial charge in [0.2, 0.25) is 17.5 Å². The van der Waals surface area contributed by atoms with Gasteiger partial charge in [0.1, 0.15) is 12.1 Å². The normalized spacial score (nSPS) is 34.7. The van der Waals surface area contributed by atoms with Gasteiger partial charge < -0.3 is 24.8 Å². The first kappa shape index (κ1) is 27.8. The molecule has 230 valence electrons. The molecule has 3 unspecified atom stereocenters. The van der Waals surface area contributed by atoms with E-state index in [1.807, 2.05) is 30.3 Å². The zero-order valence-electron chi connectivity index (χ0n) is 25.4. The van der Waals surface area contributed by atoms with Gasteiger partial charge in [-0.3, -0.25) is 24.0 Å². The number of ether oxygens (including phenoxy) is 1. The smallest absolute Gasteiger partial charge is 0.280 e. The molecule has 5 aliphatic rings. The van der Waals surface area contributed by atoms with Crippen molar-refractivity contribution in [2.75, 3.05) is 20.1 Å². The van der Waals surface area contributed by atoms with Gasteiger partial charge in [0.25, 0.3) is 11.8 Å². The fourth-order valence-electron chi connectivity index (χ4n) is 8.93. The molecule has 8 rings (SSSR count). The number of likely N-dealkylation sites (tertiary alicyclic amines) is 1. The van der Waals surface area contributed by atoms with Crippen molar-refractivity contribution in [1.29, 1.82) is 0 Å². The molecule has 44 heavy (non-hydrogen) atoms. The highest BCUT2D eigenvalue weighted by molar-refractivity contribution is 5.97. The van der Waals surface area contributed by atoms with Crippen LogP contribution in [0.2, 0.25) is 0 Å². The summed E-state index contributed by atoms with van der Waals surface area (Å²) in [5.74, 6) is -3.30. The summed E-state index contributed by atoms with van der Waals surface area (Å²) in [5.41, 5.74) is 2.88. The lowest BCUT2D eigenvalue weighted by Crippen LogP contribution is -2.71. The SMILES string of the molecule is CN1C[C@H](C(=O)N[C@]2(C)O[C@@]3(O)C4CCCN4C(=O)[C@H](Cc4ccccc4)N3C2=O)CC2c3cccc4c3c(cn4C)CC21. The Labute approximate surface area is 256 Å². The standard InChI is InChI=1S/C34H39N5O5/c1-33(32(42)39-27(15-20-9-5-4-6-10-20)31(41)38-14-8-13-28(38)34(39,43)44-33)35-30(40)22-16-24-23-11-7-12-25-29(23)21(18-36(25)2)17-26(24)37(3)19-22/h4-7,9-12,18,22,24,26-28,43H,8,13-17,19H2,1-3H3,(H,35,40)/t22-,24?,26?,27+,28?,33-,34+/m1/s1. The van der Waals surface area contributed by atoms with E-state index >= 15 is 0 Å². The molecule has 10 nitrogen and oxygen atoms in total. The predicted molar refractivity (Wildman–Crippen MR) is 162 cm³/mol. The highest BCUT2D eigenvalue weighted by Gasteiger charge is 2.70. The molecule has 0 bridgehead atoms. The second-order valence-electron chi connectivity index (χ2n) is 13.6. The number of amides is 3. The number of likely N-dealkylation sites (N-methyl/N-ethyl adjacent to an activating group) is 1. The Morgan fingerprint density at radius 1 is 1.11 bits per heavy atom. The third-order valence-electron chi connectivity index (χ3n) is 10.9. The number of benzene rings is 2. The Kier molecular flexibility index (Phi) is 6.08. The maximum absolute atomic E-state index is 14.2. The largest absolute Gasteiger partial charge is 0.350 e. The average molecular weight is 598 g/mol. The molecule has 10 heteroatoms. The van der Waals surface area contributed by atoms with Crippen LogP contribution in [0.1, 0.15) is 48.8 Å². The van der Waals surface area contributed by atoms with E-state index in [1.165, 1.54) is 33.9 Å². The van der Waals surface area contributed by atoms with Crippen LogP contribution in [0.3, 0.4) is 0 Å². The van der Waals surface area contributed by atoms with Gasteiger partial charge in [-0.1, -0.05) is 42.5 Å². The number of aromatic nitrogens is 1. The van der Waals surface area contributed by atoms with Crippen molar-refractivity contribution in [1.82, 2.24) is 24.6 Å². The number of piperidine rings is 1. The van der Waals surface area contributed by atoms with Gasteiger partial charge >= 0.3 is 0 Å². The van der Waals surface area contributed by atoms with Crippen LogP contribution in [0.5, 0.6) is 0 Å². The van der Waals surface area contributed by atoms with Crippen molar-refractivity contribution in [3.8, 4) is 0 Å². The zero-order chi connectivity index (χ0) is 30.5. The minimum absolute atomic E-state index is 0.173. The molecule has 3 amide bonds. The molecule has 2 N–H and O–H groups in total. The van der Waals surface area contributed by atoms with Gasteiger partial charge in [-0.05, 0) is 62.4 Å². The molecular weight excluding hydrogens is 558 g/mol. The maximum atomic E-state index is 14.2. The quantitative estimate of drug-likeness (QED) is 0.477. The second kappa shape index (κ2) is 9.63. The minimum atomic E-state index is -2.03. The van der Waals surface area contributed by atoms with E-state index in [4.69, 9.17) is 4.74 Å². The third-order valence-corrected chi connectivity index (χ3v) is 10.9. The molecule has 7 atom stereocenters. The fraction of sp³-hybridized carbons (Fsp3) is 0.500. The Morgan fingerprint density at radius 2 is 1.91 bits per heavy atom. The number of aliphatic hydroxyl groups is 1. The molecule has 5 heterocycles. The van der Waals surface area contributed by atoms with Crippen molar-refractivity contribution in [3.63, 3.8) is 0 Å². The van der Waals surface area contributed by atoms with E-state index in [0.29, 0.717) is 32.4 Å². The van der Waals surface area contributed by atoms with Crippen LogP contribution in [0.4, 0.5) is 0 Å². The number of nitrogens with one attached hydrogen (secondary N) is 1. The number of hydrogen-bond donors (Lipinski definition) is 2. The molecule has 2 aromatic carbocycles. The summed E-state index contributed by atoms with van der Waals surface area (Å²) in [6.45, 7) is 2.56. The molecule has 4 fully saturated rings. The van der Waals surface area contributed by atoms with Crippen LogP contribution in [-0.4, -0.2) is 92.0 Å². The van der Waals surface area contributed by atoms with Crippen molar-refractivity contribution < 1.29 is 24.2 Å². The van der Waals surface area contributed by atoms with E-state index in [9.17, 15) is 19.5 Å². The van der Waals surface area contributed by atoms with Gasteiger partial charge in [0.15, 0.2) is 0 Å². The highest BCUT2D eigenvalue weighted by atomic mass is 16.7. The lowest BCUT2D eigenvalue weighted by atomic mass is 9.72. The fourth-order valence-corrected chi connectivity index (χ4v) is 8.93. The van der Waals surface area contributed by atoms with Gasteiger partial charge in [-0.15, -0.1) is 0 Å². The molecule has 4 saturated heterocycles. The topological polar surface area (TPSA) is 107 Å². The van der Waals surface area contributed by atoms with Crippen molar-refractivity contribution >= 4 is 28.6 Å². The van der Waals surface area contributed by atoms with Crippen LogP contribution in [-0.2, 0) is 39.0 Å². The monoisotopic (exact) mass is 597 g/mol. The van der Waals surface area contributed by atoms with Gasteiger partial charge in [-0.2, -0.15) is 0 Å². The number of hydrogen-bond acceptors (Lipinski definition) is 6. The predicted octanol–water partition coefficient (Wildman–Crippen LogP) is 2.09. The summed E-state index contributed by atoms with van der Waals surface area (Å²) in [6, 6.07) is 14.6. The average Bonchev–Trinajstić information content (AvgIpc) is 3.68. The molecule has 0 spiro atoms. The van der Waals surface area contributed by atoms with Gasteiger partial charge in [0.05, 0.1) is 5.92 Å². The third kappa shape index (κ3) is 3.87. The van der Waals surface area contributed by atoms with Crippen LogP contribution in [0.25, 0.3) is 10.9 Å². The summed E-state index contributed by atoms with van der Waals surface area (Å²) >= 11 is 0. The molecule has 0 saturated carbocycles. The Bertz CT molecular complexity index is 1690. The molecule has 0 radical (unpaired) electrons. The molecule has 3 aromatic rings. The first-order valence-electron chi connectivity index (χ1n) is 15.8. The minimum Gasteiger partial charge on any atom is -0.350 e. The van der Waals surface area contributed by atoms with E-state index in [-0.39, 0.29) is 36.1 Å². The van der Waals surface area contributed by atoms with Crippen LogP contribution in [0.15, 0.2) is 54.7 Å². The lowest BCUT2D eigenvalue weighted by Gasteiger charge is -2.48. The van der Waals surface area contributed by atoms with Crippen LogP contribution < -0.4 is 5.32 Å². The molecular formula is C34H39N5O5. The van der Waals surface area contributed by atoms with Crippen molar-refractivity contribution in [2.24, 2.45) is 13.0 Å². The van der Waals surface area contributed by atoms with Crippen LogP contribution >= 0.6 is 0 Å². The Morgan fingerprint density at radius 3 is 2.70 bits per heavy atom. The van der Waals surface area contributed by atoms with E-state index < -0.39 is 29.6 Å². The Hall–Kier alpha value is -3.73. The first-order chi connectivity index (χ1) is 21.1. The number of fused-ring (bicyclic) bond motifs is 5. The second-order valence-corrected chi connectivity index (χ2v) is 13.6. The summed E-state index contributed by atoms with van der Waals surface area (Å²) in [6.07, 6.45) is 5.27. The number of aryl methyl sites for hydroxylation is 1. The van der Waals surface area contributed by atoms with E-state index in [1.54, 1.807) is 4.90 Å².